The minimum Gasteiger partial charge on any atom is -0.491 e. The van der Waals surface area contributed by atoms with Crippen LogP contribution in [0.4, 0.5) is 5.69 Å². The fourth-order valence-corrected chi connectivity index (χ4v) is 1.49. The second-order valence-corrected chi connectivity index (χ2v) is 3.76. The quantitative estimate of drug-likeness (QED) is 0.780. The van der Waals surface area contributed by atoms with E-state index in [4.69, 9.17) is 9.47 Å². The number of nitrogens with zero attached hydrogens (tertiary/aromatic N) is 2. The van der Waals surface area contributed by atoms with Crippen molar-refractivity contribution in [3.05, 3.63) is 36.5 Å². The molecule has 0 saturated carbocycles. The maximum Gasteiger partial charge on any atom is 0.129 e. The first-order valence-electron chi connectivity index (χ1n) is 5.80. The SMILES string of the molecule is COCCOc1ccc(NN2C=CC=NC2)cc1. The molecule has 0 spiro atoms. The molecule has 18 heavy (non-hydrogen) atoms. The van der Waals surface area contributed by atoms with E-state index in [9.17, 15) is 0 Å². The van der Waals surface area contributed by atoms with Crippen molar-refractivity contribution in [3.63, 3.8) is 0 Å². The minimum absolute atomic E-state index is 0.562. The molecular weight excluding hydrogens is 230 g/mol. The average molecular weight is 247 g/mol. The van der Waals surface area contributed by atoms with Crippen LogP contribution in [0.3, 0.4) is 0 Å². The Labute approximate surface area is 107 Å². The van der Waals surface area contributed by atoms with Crippen molar-refractivity contribution in [3.8, 4) is 5.75 Å². The number of aliphatic imine (C=N–C) groups is 1. The third kappa shape index (κ3) is 3.78. The van der Waals surface area contributed by atoms with E-state index < -0.39 is 0 Å². The van der Waals surface area contributed by atoms with E-state index in [1.807, 2.05) is 41.6 Å². The number of methoxy groups -OCH3 is 1. The van der Waals surface area contributed by atoms with Crippen LogP contribution in [-0.2, 0) is 4.74 Å². The molecule has 1 aliphatic heterocycles. The van der Waals surface area contributed by atoms with Gasteiger partial charge in [0, 0.05) is 19.5 Å². The summed E-state index contributed by atoms with van der Waals surface area (Å²) in [4.78, 5) is 4.14. The van der Waals surface area contributed by atoms with Gasteiger partial charge in [0.2, 0.25) is 0 Å². The zero-order valence-electron chi connectivity index (χ0n) is 10.4. The standard InChI is InChI=1S/C13H17N3O2/c1-17-9-10-18-13-5-3-12(4-6-13)15-16-8-2-7-14-11-16/h2-8,15H,9-11H2,1H3. The first kappa shape index (κ1) is 12.4. The molecule has 0 bridgehead atoms. The van der Waals surface area contributed by atoms with Crippen LogP contribution in [0.2, 0.25) is 0 Å². The molecule has 0 unspecified atom stereocenters. The Hall–Kier alpha value is -2.01. The number of hydrazine groups is 1. The highest BCUT2D eigenvalue weighted by molar-refractivity contribution is 5.71. The van der Waals surface area contributed by atoms with E-state index in [1.54, 1.807) is 13.3 Å². The molecule has 96 valence electrons. The number of benzene rings is 1. The van der Waals surface area contributed by atoms with Crippen molar-refractivity contribution in [2.45, 2.75) is 0 Å². The van der Waals surface area contributed by atoms with Gasteiger partial charge in [-0.15, -0.1) is 0 Å². The highest BCUT2D eigenvalue weighted by Gasteiger charge is 2.00. The lowest BCUT2D eigenvalue weighted by atomic mass is 10.3. The van der Waals surface area contributed by atoms with Crippen molar-refractivity contribution in [2.24, 2.45) is 4.99 Å². The van der Waals surface area contributed by atoms with Crippen LogP contribution < -0.4 is 10.2 Å². The summed E-state index contributed by atoms with van der Waals surface area (Å²) >= 11 is 0. The normalized spacial score (nSPS) is 13.7. The van der Waals surface area contributed by atoms with Crippen molar-refractivity contribution in [1.82, 2.24) is 5.01 Å². The van der Waals surface area contributed by atoms with Crippen LogP contribution in [0.15, 0.2) is 41.5 Å². The largest absolute Gasteiger partial charge is 0.491 e. The third-order valence-electron chi connectivity index (χ3n) is 2.37. The fraction of sp³-hybridized carbons (Fsp3) is 0.308. The third-order valence-corrected chi connectivity index (χ3v) is 2.37. The smallest absolute Gasteiger partial charge is 0.129 e. The van der Waals surface area contributed by atoms with Gasteiger partial charge < -0.3 is 9.47 Å². The van der Waals surface area contributed by atoms with E-state index in [1.165, 1.54) is 0 Å². The van der Waals surface area contributed by atoms with Crippen LogP contribution in [0, 0.1) is 0 Å². The molecule has 1 aromatic rings. The predicted molar refractivity (Wildman–Crippen MR) is 71.8 cm³/mol. The Morgan fingerprint density at radius 3 is 2.78 bits per heavy atom. The van der Waals surface area contributed by atoms with Gasteiger partial charge in [0.05, 0.1) is 12.3 Å². The maximum atomic E-state index is 5.49. The molecule has 0 atom stereocenters. The van der Waals surface area contributed by atoms with Gasteiger partial charge in [0.25, 0.3) is 0 Å². The van der Waals surface area contributed by atoms with Crippen LogP contribution in [0.1, 0.15) is 0 Å². The number of ether oxygens (including phenoxy) is 2. The zero-order chi connectivity index (χ0) is 12.6. The van der Waals surface area contributed by atoms with Gasteiger partial charge in [-0.25, -0.2) is 0 Å². The molecule has 0 saturated heterocycles. The van der Waals surface area contributed by atoms with Gasteiger partial charge in [-0.05, 0) is 30.3 Å². The molecule has 2 rings (SSSR count). The number of hydrogen-bond donors (Lipinski definition) is 1. The number of allylic oxidation sites excluding steroid dienone is 1. The minimum atomic E-state index is 0.562. The predicted octanol–water partition coefficient (Wildman–Crippen LogP) is 1.90. The van der Waals surface area contributed by atoms with Crippen molar-refractivity contribution < 1.29 is 9.47 Å². The molecule has 1 heterocycles. The summed E-state index contributed by atoms with van der Waals surface area (Å²) in [7, 11) is 1.66. The monoisotopic (exact) mass is 247 g/mol. The van der Waals surface area contributed by atoms with Crippen LogP contribution >= 0.6 is 0 Å². The first-order valence-corrected chi connectivity index (χ1v) is 5.80. The lowest BCUT2D eigenvalue weighted by Crippen LogP contribution is -2.25. The molecule has 0 aliphatic carbocycles. The van der Waals surface area contributed by atoms with Gasteiger partial charge in [0.15, 0.2) is 0 Å². The molecular formula is C13H17N3O2. The molecule has 0 aromatic heterocycles. The molecule has 0 radical (unpaired) electrons. The summed E-state index contributed by atoms with van der Waals surface area (Å²) in [6.07, 6.45) is 5.61. The molecule has 1 aliphatic rings. The molecule has 1 N–H and O–H groups in total. The van der Waals surface area contributed by atoms with Gasteiger partial charge >= 0.3 is 0 Å². The number of hydrogen-bond acceptors (Lipinski definition) is 5. The van der Waals surface area contributed by atoms with Gasteiger partial charge in [-0.3, -0.25) is 15.4 Å². The molecule has 5 nitrogen and oxygen atoms in total. The van der Waals surface area contributed by atoms with E-state index in [-0.39, 0.29) is 0 Å². The van der Waals surface area contributed by atoms with Crippen molar-refractivity contribution >= 4 is 11.9 Å². The summed E-state index contributed by atoms with van der Waals surface area (Å²) in [5.74, 6) is 0.838. The lowest BCUT2D eigenvalue weighted by Gasteiger charge is -2.21. The van der Waals surface area contributed by atoms with E-state index in [2.05, 4.69) is 10.4 Å². The second-order valence-electron chi connectivity index (χ2n) is 3.76. The Morgan fingerprint density at radius 1 is 1.28 bits per heavy atom. The fourth-order valence-electron chi connectivity index (χ4n) is 1.49. The average Bonchev–Trinajstić information content (AvgIpc) is 2.42. The summed E-state index contributed by atoms with van der Waals surface area (Å²) < 4.78 is 10.4. The second kappa shape index (κ2) is 6.66. The molecule has 0 amide bonds. The molecule has 1 aromatic carbocycles. The van der Waals surface area contributed by atoms with E-state index >= 15 is 0 Å². The highest BCUT2D eigenvalue weighted by atomic mass is 16.5. The lowest BCUT2D eigenvalue weighted by molar-refractivity contribution is 0.146. The Kier molecular flexibility index (Phi) is 4.60. The van der Waals surface area contributed by atoms with Crippen LogP contribution in [0.5, 0.6) is 5.75 Å². The Morgan fingerprint density at radius 2 is 2.11 bits per heavy atom. The van der Waals surface area contributed by atoms with Gasteiger partial charge in [-0.2, -0.15) is 0 Å². The summed E-state index contributed by atoms with van der Waals surface area (Å²) in [5.41, 5.74) is 4.22. The topological polar surface area (TPSA) is 46.1 Å². The van der Waals surface area contributed by atoms with Crippen LogP contribution in [-0.4, -0.2) is 38.2 Å². The first-order chi connectivity index (χ1) is 8.88. The Balaban J connectivity index is 1.83. The van der Waals surface area contributed by atoms with Crippen molar-refractivity contribution in [1.29, 1.82) is 0 Å². The van der Waals surface area contributed by atoms with E-state index in [0.29, 0.717) is 19.9 Å². The maximum absolute atomic E-state index is 5.49. The van der Waals surface area contributed by atoms with Crippen molar-refractivity contribution in [2.75, 3.05) is 32.4 Å². The molecule has 0 fully saturated rings. The Bertz CT molecular complexity index is 415. The number of anilines is 1. The summed E-state index contributed by atoms with van der Waals surface area (Å²) in [6, 6.07) is 7.78. The summed E-state index contributed by atoms with van der Waals surface area (Å²) in [5, 5.41) is 1.90. The highest BCUT2D eigenvalue weighted by Crippen LogP contribution is 2.16. The summed E-state index contributed by atoms with van der Waals surface area (Å²) in [6.45, 7) is 1.77. The van der Waals surface area contributed by atoms with E-state index in [0.717, 1.165) is 11.4 Å². The number of rotatable bonds is 6. The van der Waals surface area contributed by atoms with Gasteiger partial charge in [-0.1, -0.05) is 0 Å². The molecule has 5 heteroatoms. The number of nitrogens with one attached hydrogen (secondary N) is 1. The van der Waals surface area contributed by atoms with Gasteiger partial charge in [0.1, 0.15) is 19.0 Å². The zero-order valence-corrected chi connectivity index (χ0v) is 10.4. The van der Waals surface area contributed by atoms with Crippen LogP contribution in [0.25, 0.3) is 0 Å².